The van der Waals surface area contributed by atoms with Crippen LogP contribution in [0.3, 0.4) is 0 Å². The molecule has 0 aromatic heterocycles. The zero-order valence-electron chi connectivity index (χ0n) is 21.4. The Morgan fingerprint density at radius 3 is 1.36 bits per heavy atom. The molecule has 2 aromatic carbocycles. The largest absolute Gasteiger partial charge is 0.325 e. The number of likely N-dealkylation sites (tertiary alicyclic amines) is 2. The van der Waals surface area contributed by atoms with E-state index in [0.29, 0.717) is 13.1 Å². The first-order chi connectivity index (χ1) is 17.6. The maximum atomic E-state index is 12.5. The molecule has 3 fully saturated rings. The van der Waals surface area contributed by atoms with Gasteiger partial charge in [-0.1, -0.05) is 43.5 Å². The second-order valence-corrected chi connectivity index (χ2v) is 10.9. The third-order valence-electron chi connectivity index (χ3n) is 8.28. The van der Waals surface area contributed by atoms with Crippen LogP contribution >= 0.6 is 0 Å². The van der Waals surface area contributed by atoms with Gasteiger partial charge in [-0.05, 0) is 100 Å². The van der Waals surface area contributed by atoms with E-state index >= 15 is 0 Å². The van der Waals surface area contributed by atoms with E-state index in [4.69, 9.17) is 0 Å². The van der Waals surface area contributed by atoms with Crippen molar-refractivity contribution in [2.24, 2.45) is 0 Å². The van der Waals surface area contributed by atoms with Gasteiger partial charge in [-0.15, -0.1) is 0 Å². The van der Waals surface area contributed by atoms with Crippen LogP contribution in [0.15, 0.2) is 48.5 Å². The van der Waals surface area contributed by atoms with Crippen LogP contribution in [0.2, 0.25) is 0 Å². The zero-order chi connectivity index (χ0) is 24.8. The molecular weight excluding hydrogens is 448 g/mol. The number of anilines is 2. The van der Waals surface area contributed by atoms with Crippen molar-refractivity contribution in [3.05, 3.63) is 59.7 Å². The highest BCUT2D eigenvalue weighted by molar-refractivity contribution is 5.92. The smallest absolute Gasteiger partial charge is 0.238 e. The van der Waals surface area contributed by atoms with Crippen LogP contribution in [0.4, 0.5) is 11.4 Å². The lowest BCUT2D eigenvalue weighted by Crippen LogP contribution is -2.32. The van der Waals surface area contributed by atoms with E-state index in [1.54, 1.807) is 0 Å². The van der Waals surface area contributed by atoms with Gasteiger partial charge >= 0.3 is 0 Å². The number of hydrogen-bond acceptors (Lipinski definition) is 4. The second kappa shape index (κ2) is 11.6. The Kier molecular flexibility index (Phi) is 8.02. The molecule has 1 saturated carbocycles. The van der Waals surface area contributed by atoms with Crippen LogP contribution in [0.25, 0.3) is 0 Å². The molecule has 2 saturated heterocycles. The molecule has 0 spiro atoms. The molecule has 6 nitrogen and oxygen atoms in total. The minimum absolute atomic E-state index is 0.0194. The molecule has 6 heteroatoms. The Balaban J connectivity index is 1.26. The Hall–Kier alpha value is -2.70. The SMILES string of the molecule is O=C(CN1CCCC1)Nc1ccc(C2(c3ccc(NC(=O)CN4CCCC4)cc3)CCCCC2)cc1. The van der Waals surface area contributed by atoms with E-state index < -0.39 is 0 Å². The van der Waals surface area contributed by atoms with Gasteiger partial charge in [0.25, 0.3) is 0 Å². The molecule has 36 heavy (non-hydrogen) atoms. The van der Waals surface area contributed by atoms with Crippen LogP contribution in [-0.2, 0) is 15.0 Å². The van der Waals surface area contributed by atoms with Gasteiger partial charge in [0.05, 0.1) is 13.1 Å². The molecule has 3 aliphatic rings. The highest BCUT2D eigenvalue weighted by atomic mass is 16.2. The van der Waals surface area contributed by atoms with Gasteiger partial charge < -0.3 is 10.6 Å². The molecule has 192 valence electrons. The van der Waals surface area contributed by atoms with Crippen molar-refractivity contribution in [3.63, 3.8) is 0 Å². The van der Waals surface area contributed by atoms with Gasteiger partial charge in [0, 0.05) is 16.8 Å². The fourth-order valence-corrected chi connectivity index (χ4v) is 6.33. The Morgan fingerprint density at radius 1 is 0.583 bits per heavy atom. The normalized spacial score (nSPS) is 20.3. The van der Waals surface area contributed by atoms with Crippen molar-refractivity contribution in [1.29, 1.82) is 0 Å². The van der Waals surface area contributed by atoms with Gasteiger partial charge in [0.2, 0.25) is 11.8 Å². The number of nitrogens with zero attached hydrogens (tertiary/aromatic N) is 2. The average Bonchev–Trinajstić information content (AvgIpc) is 3.60. The molecule has 2 aliphatic heterocycles. The molecule has 0 bridgehead atoms. The van der Waals surface area contributed by atoms with Crippen LogP contribution in [0.5, 0.6) is 0 Å². The predicted molar refractivity (Wildman–Crippen MR) is 145 cm³/mol. The molecule has 2 heterocycles. The van der Waals surface area contributed by atoms with Crippen LogP contribution < -0.4 is 10.6 Å². The number of nitrogens with one attached hydrogen (secondary N) is 2. The Labute approximate surface area is 215 Å². The van der Waals surface area contributed by atoms with Crippen molar-refractivity contribution in [1.82, 2.24) is 9.80 Å². The lowest BCUT2D eigenvalue weighted by Gasteiger charge is -2.39. The summed E-state index contributed by atoms with van der Waals surface area (Å²) in [5, 5.41) is 6.16. The van der Waals surface area contributed by atoms with Gasteiger partial charge in [0.15, 0.2) is 0 Å². The average molecular weight is 489 g/mol. The lowest BCUT2D eigenvalue weighted by atomic mass is 9.65. The summed E-state index contributed by atoms with van der Waals surface area (Å²) >= 11 is 0. The summed E-state index contributed by atoms with van der Waals surface area (Å²) in [4.78, 5) is 29.4. The van der Waals surface area contributed by atoms with Gasteiger partial charge in [-0.25, -0.2) is 0 Å². The van der Waals surface area contributed by atoms with Gasteiger partial charge in [-0.3, -0.25) is 19.4 Å². The first-order valence-electron chi connectivity index (χ1n) is 13.9. The summed E-state index contributed by atoms with van der Waals surface area (Å²) in [5.41, 5.74) is 4.33. The third-order valence-corrected chi connectivity index (χ3v) is 8.28. The monoisotopic (exact) mass is 488 g/mol. The molecule has 2 N–H and O–H groups in total. The highest BCUT2D eigenvalue weighted by Gasteiger charge is 2.35. The minimum Gasteiger partial charge on any atom is -0.325 e. The van der Waals surface area contributed by atoms with E-state index in [1.807, 2.05) is 0 Å². The number of carbonyl (C=O) groups excluding carboxylic acids is 2. The lowest BCUT2D eigenvalue weighted by molar-refractivity contribution is -0.117. The standard InChI is InChI=1S/C30H40N4O2/c35-28(22-33-18-4-5-19-33)31-26-12-8-24(9-13-26)30(16-2-1-3-17-30)25-10-14-27(15-11-25)32-29(36)23-34-20-6-7-21-34/h8-15H,1-7,16-23H2,(H,31,35)(H,32,36). The number of carbonyl (C=O) groups is 2. The van der Waals surface area contributed by atoms with E-state index in [-0.39, 0.29) is 17.2 Å². The number of benzene rings is 2. The summed E-state index contributed by atoms with van der Waals surface area (Å²) in [6, 6.07) is 17.0. The summed E-state index contributed by atoms with van der Waals surface area (Å²) in [7, 11) is 0. The minimum atomic E-state index is -0.0194. The molecule has 1 aliphatic carbocycles. The molecule has 0 unspecified atom stereocenters. The molecule has 5 rings (SSSR count). The highest BCUT2D eigenvalue weighted by Crippen LogP contribution is 2.45. The maximum absolute atomic E-state index is 12.5. The van der Waals surface area contributed by atoms with Crippen LogP contribution in [0, 0.1) is 0 Å². The first kappa shape index (κ1) is 25.0. The summed E-state index contributed by atoms with van der Waals surface area (Å²) in [6.45, 7) is 5.05. The Morgan fingerprint density at radius 2 is 0.972 bits per heavy atom. The summed E-state index contributed by atoms with van der Waals surface area (Å²) in [5.74, 6) is 0.138. The van der Waals surface area contributed by atoms with Crippen LogP contribution in [0.1, 0.15) is 68.9 Å². The Bertz CT molecular complexity index is 938. The van der Waals surface area contributed by atoms with E-state index in [9.17, 15) is 9.59 Å². The van der Waals surface area contributed by atoms with Crippen molar-refractivity contribution >= 4 is 23.2 Å². The van der Waals surface area contributed by atoms with E-state index in [2.05, 4.69) is 69.0 Å². The predicted octanol–water partition coefficient (Wildman–Crippen LogP) is 5.01. The van der Waals surface area contributed by atoms with E-state index in [1.165, 1.54) is 56.1 Å². The molecular formula is C30H40N4O2. The number of hydrogen-bond donors (Lipinski definition) is 2. The van der Waals surface area contributed by atoms with Gasteiger partial charge in [0.1, 0.15) is 0 Å². The zero-order valence-corrected chi connectivity index (χ0v) is 21.4. The van der Waals surface area contributed by atoms with Crippen LogP contribution in [-0.4, -0.2) is 60.9 Å². The van der Waals surface area contributed by atoms with Crippen molar-refractivity contribution in [2.75, 3.05) is 49.9 Å². The quantitative estimate of drug-likeness (QED) is 0.549. The molecule has 0 radical (unpaired) electrons. The number of amides is 2. The van der Waals surface area contributed by atoms with Crippen molar-refractivity contribution < 1.29 is 9.59 Å². The third kappa shape index (κ3) is 5.98. The van der Waals surface area contributed by atoms with E-state index in [0.717, 1.165) is 50.4 Å². The van der Waals surface area contributed by atoms with Crippen molar-refractivity contribution in [3.8, 4) is 0 Å². The van der Waals surface area contributed by atoms with Crippen molar-refractivity contribution in [2.45, 2.75) is 63.2 Å². The topological polar surface area (TPSA) is 64.7 Å². The summed E-state index contributed by atoms with van der Waals surface area (Å²) in [6.07, 6.45) is 10.7. The fourth-order valence-electron chi connectivity index (χ4n) is 6.33. The first-order valence-corrected chi connectivity index (χ1v) is 13.9. The molecule has 0 atom stereocenters. The summed E-state index contributed by atoms with van der Waals surface area (Å²) < 4.78 is 0. The fraction of sp³-hybridized carbons (Fsp3) is 0.533. The molecule has 2 amide bonds. The number of rotatable bonds is 8. The maximum Gasteiger partial charge on any atom is 0.238 e. The molecule has 2 aromatic rings. The second-order valence-electron chi connectivity index (χ2n) is 10.9. The van der Waals surface area contributed by atoms with Gasteiger partial charge in [-0.2, -0.15) is 0 Å².